The van der Waals surface area contributed by atoms with Gasteiger partial charge in [0.25, 0.3) is 11.8 Å². The number of rotatable bonds is 6. The molecule has 3 heterocycles. The van der Waals surface area contributed by atoms with Crippen molar-refractivity contribution in [1.82, 2.24) is 19.7 Å². The molecule has 2 aromatic carbocycles. The number of aromatic nitrogens is 3. The number of pyridine rings is 1. The number of anilines is 1. The second kappa shape index (κ2) is 10.8. The van der Waals surface area contributed by atoms with Crippen LogP contribution in [0.1, 0.15) is 37.7 Å². The lowest BCUT2D eigenvalue weighted by atomic mass is 9.88. The average molecular weight is 561 g/mol. The summed E-state index contributed by atoms with van der Waals surface area (Å²) in [6.45, 7) is 3.53. The zero-order chi connectivity index (χ0) is 27.8. The van der Waals surface area contributed by atoms with Crippen LogP contribution in [0.5, 0.6) is 0 Å². The molecule has 1 aliphatic heterocycles. The molecule has 0 unspecified atom stereocenters. The molecule has 3 N–H and O–H groups in total. The largest absolute Gasteiger partial charge is 0.379 e. The number of nitrogens with zero attached hydrogens (tertiary/aromatic N) is 4. The Kier molecular flexibility index (Phi) is 7.05. The fourth-order valence-electron chi connectivity index (χ4n) is 5.21. The minimum atomic E-state index is -0.634. The number of carbonyl (C=O) groups is 2. The molecule has 9 nitrogen and oxygen atoms in total. The summed E-state index contributed by atoms with van der Waals surface area (Å²) >= 11 is 6.38. The second-order valence-corrected chi connectivity index (χ2v) is 10.2. The van der Waals surface area contributed by atoms with Gasteiger partial charge in [0.15, 0.2) is 5.69 Å². The maximum Gasteiger partial charge on any atom is 0.269 e. The van der Waals surface area contributed by atoms with Gasteiger partial charge in [-0.1, -0.05) is 17.7 Å². The number of morpholine rings is 1. The molecular weight excluding hydrogens is 535 g/mol. The van der Waals surface area contributed by atoms with E-state index in [1.165, 1.54) is 18.3 Å². The fraction of sp³-hybridized carbons (Fsp3) is 0.241. The van der Waals surface area contributed by atoms with Crippen LogP contribution in [-0.4, -0.2) is 57.8 Å². The van der Waals surface area contributed by atoms with Crippen LogP contribution in [0, 0.1) is 5.82 Å². The minimum absolute atomic E-state index is 0.177. The standard InChI is InChI=1S/C29H26ClFN6O3/c30-25-15-33-20(16-36-9-11-40-12-10-36)14-24(25)29(39)34-19-5-1-17-2-8-22-26(28(32)38)35-37(27(22)23(17)13-19)21-6-3-18(31)4-7-21/h1,3-7,13-15H,2,8-12,16H2,(H2,32,38)(H,34,39). The predicted octanol–water partition coefficient (Wildman–Crippen LogP) is 4.01. The van der Waals surface area contributed by atoms with Crippen molar-refractivity contribution < 1.29 is 18.7 Å². The number of fused-ring (bicyclic) bond motifs is 3. The van der Waals surface area contributed by atoms with E-state index in [0.717, 1.165) is 35.5 Å². The van der Waals surface area contributed by atoms with Gasteiger partial charge in [0.05, 0.1) is 40.9 Å². The van der Waals surface area contributed by atoms with Gasteiger partial charge < -0.3 is 15.8 Å². The molecule has 0 atom stereocenters. The van der Waals surface area contributed by atoms with Crippen molar-refractivity contribution in [1.29, 1.82) is 0 Å². The zero-order valence-electron chi connectivity index (χ0n) is 21.5. The molecule has 2 amide bonds. The van der Waals surface area contributed by atoms with Gasteiger partial charge >= 0.3 is 0 Å². The first-order valence-corrected chi connectivity index (χ1v) is 13.3. The molecule has 40 heavy (non-hydrogen) atoms. The molecule has 1 aliphatic carbocycles. The highest BCUT2D eigenvalue weighted by molar-refractivity contribution is 6.34. The summed E-state index contributed by atoms with van der Waals surface area (Å²) < 4.78 is 20.6. The van der Waals surface area contributed by atoms with E-state index in [9.17, 15) is 14.0 Å². The van der Waals surface area contributed by atoms with Crippen molar-refractivity contribution in [3.05, 3.63) is 93.6 Å². The first kappa shape index (κ1) is 26.1. The number of carbonyl (C=O) groups excluding carboxylic acids is 2. The molecule has 11 heteroatoms. The molecule has 6 rings (SSSR count). The molecule has 2 aromatic heterocycles. The van der Waals surface area contributed by atoms with E-state index in [-0.39, 0.29) is 22.4 Å². The van der Waals surface area contributed by atoms with Crippen LogP contribution in [0.15, 0.2) is 54.7 Å². The van der Waals surface area contributed by atoms with Gasteiger partial charge in [0, 0.05) is 42.6 Å². The topological polar surface area (TPSA) is 115 Å². The van der Waals surface area contributed by atoms with Gasteiger partial charge in [0.2, 0.25) is 0 Å². The van der Waals surface area contributed by atoms with Crippen LogP contribution in [0.2, 0.25) is 5.02 Å². The van der Waals surface area contributed by atoms with Crippen LogP contribution < -0.4 is 11.1 Å². The van der Waals surface area contributed by atoms with Gasteiger partial charge in [-0.15, -0.1) is 0 Å². The lowest BCUT2D eigenvalue weighted by Crippen LogP contribution is -2.35. The number of primary amides is 1. The highest BCUT2D eigenvalue weighted by Crippen LogP contribution is 2.38. The zero-order valence-corrected chi connectivity index (χ0v) is 22.2. The number of nitrogens with one attached hydrogen (secondary N) is 1. The fourth-order valence-corrected chi connectivity index (χ4v) is 5.40. The summed E-state index contributed by atoms with van der Waals surface area (Å²) in [4.78, 5) is 32.2. The number of ether oxygens (including phenoxy) is 1. The Bertz CT molecular complexity index is 1620. The van der Waals surface area contributed by atoms with Crippen molar-refractivity contribution in [3.8, 4) is 16.9 Å². The normalized spacial score (nSPS) is 14.8. The number of aryl methyl sites for hydroxylation is 1. The van der Waals surface area contributed by atoms with Gasteiger partial charge in [-0.05, 0) is 60.9 Å². The van der Waals surface area contributed by atoms with Crippen LogP contribution in [0.25, 0.3) is 16.9 Å². The first-order valence-electron chi connectivity index (χ1n) is 12.9. The van der Waals surface area contributed by atoms with Crippen LogP contribution in [-0.2, 0) is 24.1 Å². The van der Waals surface area contributed by atoms with Crippen molar-refractivity contribution in [2.24, 2.45) is 5.73 Å². The molecule has 0 bridgehead atoms. The number of hydrogen-bond acceptors (Lipinski definition) is 6. The highest BCUT2D eigenvalue weighted by atomic mass is 35.5. The third-order valence-electron chi connectivity index (χ3n) is 7.20. The Labute approximate surface area is 234 Å². The van der Waals surface area contributed by atoms with E-state index in [1.54, 1.807) is 22.9 Å². The van der Waals surface area contributed by atoms with Crippen LogP contribution >= 0.6 is 11.6 Å². The van der Waals surface area contributed by atoms with E-state index in [1.807, 2.05) is 18.2 Å². The molecule has 1 saturated heterocycles. The molecule has 204 valence electrons. The van der Waals surface area contributed by atoms with Crippen molar-refractivity contribution >= 4 is 29.1 Å². The van der Waals surface area contributed by atoms with Gasteiger partial charge in [-0.25, -0.2) is 9.07 Å². The van der Waals surface area contributed by atoms with Gasteiger partial charge in [0.1, 0.15) is 5.82 Å². The maximum absolute atomic E-state index is 13.6. The first-order chi connectivity index (χ1) is 19.4. The monoisotopic (exact) mass is 560 g/mol. The summed E-state index contributed by atoms with van der Waals surface area (Å²) in [5.41, 5.74) is 11.3. The Morgan fingerprint density at radius 2 is 1.85 bits per heavy atom. The Morgan fingerprint density at radius 1 is 1.07 bits per heavy atom. The number of amides is 2. The molecule has 1 fully saturated rings. The van der Waals surface area contributed by atoms with Crippen LogP contribution in [0.3, 0.4) is 0 Å². The Hall–Kier alpha value is -4.12. The SMILES string of the molecule is NC(=O)c1nn(-c2ccc(F)cc2)c2c1CCc1ccc(NC(=O)c3cc(CN4CCOCC4)ncc3Cl)cc1-2. The molecule has 0 saturated carbocycles. The summed E-state index contributed by atoms with van der Waals surface area (Å²) in [5, 5.41) is 7.70. The van der Waals surface area contributed by atoms with E-state index in [4.69, 9.17) is 22.1 Å². The van der Waals surface area contributed by atoms with E-state index in [0.29, 0.717) is 55.2 Å². The molecular formula is C29H26ClFN6O3. The molecule has 0 radical (unpaired) electrons. The van der Waals surface area contributed by atoms with Gasteiger partial charge in [-0.2, -0.15) is 5.10 Å². The average Bonchev–Trinajstić information content (AvgIpc) is 3.36. The number of hydrogen-bond donors (Lipinski definition) is 2. The summed E-state index contributed by atoms with van der Waals surface area (Å²) in [7, 11) is 0. The molecule has 2 aliphatic rings. The van der Waals surface area contributed by atoms with E-state index < -0.39 is 5.91 Å². The van der Waals surface area contributed by atoms with Crippen molar-refractivity contribution in [2.45, 2.75) is 19.4 Å². The summed E-state index contributed by atoms with van der Waals surface area (Å²) in [6, 6.07) is 13.2. The van der Waals surface area contributed by atoms with Crippen molar-refractivity contribution in [3.63, 3.8) is 0 Å². The van der Waals surface area contributed by atoms with Gasteiger partial charge in [-0.3, -0.25) is 19.5 Å². The van der Waals surface area contributed by atoms with E-state index in [2.05, 4.69) is 20.3 Å². The summed E-state index contributed by atoms with van der Waals surface area (Å²) in [5.74, 6) is -1.38. The van der Waals surface area contributed by atoms with Crippen LogP contribution in [0.4, 0.5) is 10.1 Å². The lowest BCUT2D eigenvalue weighted by Gasteiger charge is -2.26. The number of halogens is 2. The number of benzene rings is 2. The minimum Gasteiger partial charge on any atom is -0.379 e. The maximum atomic E-state index is 13.6. The smallest absolute Gasteiger partial charge is 0.269 e. The second-order valence-electron chi connectivity index (χ2n) is 9.80. The highest BCUT2D eigenvalue weighted by Gasteiger charge is 2.28. The lowest BCUT2D eigenvalue weighted by molar-refractivity contribution is 0.0336. The Balaban J connectivity index is 1.32. The van der Waals surface area contributed by atoms with Crippen molar-refractivity contribution in [2.75, 3.05) is 31.6 Å². The molecule has 0 spiro atoms. The Morgan fingerprint density at radius 3 is 2.60 bits per heavy atom. The number of nitrogens with two attached hydrogens (primary N) is 1. The molecule has 4 aromatic rings. The van der Waals surface area contributed by atoms with E-state index >= 15 is 0 Å². The summed E-state index contributed by atoms with van der Waals surface area (Å²) in [6.07, 6.45) is 2.75. The third-order valence-corrected chi connectivity index (χ3v) is 7.50. The predicted molar refractivity (Wildman–Crippen MR) is 148 cm³/mol. The third kappa shape index (κ3) is 5.08. The quantitative estimate of drug-likeness (QED) is 0.368.